The first-order chi connectivity index (χ1) is 20.4. The molecule has 0 spiro atoms. The summed E-state index contributed by atoms with van der Waals surface area (Å²) in [4.78, 5) is 15.7. The lowest BCUT2D eigenvalue weighted by Gasteiger charge is -2.43. The van der Waals surface area contributed by atoms with E-state index in [1.807, 2.05) is 31.2 Å². The van der Waals surface area contributed by atoms with Gasteiger partial charge in [0, 0.05) is 59.6 Å². The molecule has 6 rings (SSSR count). The van der Waals surface area contributed by atoms with Gasteiger partial charge in [0.15, 0.2) is 5.54 Å². The van der Waals surface area contributed by atoms with Gasteiger partial charge in [0.2, 0.25) is 5.36 Å². The van der Waals surface area contributed by atoms with Gasteiger partial charge < -0.3 is 14.4 Å². The normalized spacial score (nSPS) is 17.6. The fourth-order valence-electron chi connectivity index (χ4n) is 7.57. The third-order valence-corrected chi connectivity index (χ3v) is 9.24. The van der Waals surface area contributed by atoms with Crippen molar-refractivity contribution < 1.29 is 14.3 Å². The molecule has 0 bridgehead atoms. The first-order valence-corrected chi connectivity index (χ1v) is 15.5. The fraction of sp³-hybridized carbons (Fsp3) is 0.368. The number of esters is 1. The van der Waals surface area contributed by atoms with E-state index in [0.717, 1.165) is 46.5 Å². The highest BCUT2D eigenvalue weighted by molar-refractivity contribution is 6.00. The molecule has 0 atom stereocenters. The maximum atomic E-state index is 13.3. The van der Waals surface area contributed by atoms with Crippen LogP contribution in [-0.2, 0) is 4.74 Å². The van der Waals surface area contributed by atoms with Crippen LogP contribution >= 0.6 is 0 Å². The van der Waals surface area contributed by atoms with E-state index in [2.05, 4.69) is 101 Å². The van der Waals surface area contributed by atoms with Crippen LogP contribution in [0.5, 0.6) is 11.5 Å². The van der Waals surface area contributed by atoms with Gasteiger partial charge in [-0.2, -0.15) is 0 Å². The molecular formula is C38H43N2O3+. The Morgan fingerprint density at radius 2 is 1.58 bits per heavy atom. The zero-order chi connectivity index (χ0) is 30.8. The molecule has 43 heavy (non-hydrogen) atoms. The number of anilines is 1. The lowest BCUT2D eigenvalue weighted by Crippen LogP contribution is -2.49. The van der Waals surface area contributed by atoms with E-state index in [4.69, 9.17) is 9.47 Å². The maximum absolute atomic E-state index is 13.3. The van der Waals surface area contributed by atoms with Gasteiger partial charge in [0.1, 0.15) is 18.0 Å². The van der Waals surface area contributed by atoms with Crippen LogP contribution in [0.3, 0.4) is 0 Å². The standard InChI is InChI=1S/C38H43N2O3/c1-10-39-31-19-33-29(17-27(31)23(4)21-37(39,6)7)35(25-15-13-14-16-26(25)36(41)42-12-3)30-18-28-24(5)22-38(8,9)40(11-2)32(28)20-34(30)43-33/h13-22H,10-12H2,1-9H3/q+1. The topological polar surface area (TPSA) is 41.8 Å². The van der Waals surface area contributed by atoms with Gasteiger partial charge in [-0.05, 0) is 89.5 Å². The Bertz CT molecular complexity index is 1870. The summed E-state index contributed by atoms with van der Waals surface area (Å²) in [6.07, 6.45) is 4.70. The van der Waals surface area contributed by atoms with Crippen LogP contribution in [0.4, 0.5) is 5.69 Å². The number of likely N-dealkylation sites (N-methyl/N-ethyl adjacent to an activating group) is 2. The Morgan fingerprint density at radius 3 is 2.28 bits per heavy atom. The van der Waals surface area contributed by atoms with Gasteiger partial charge in [0.05, 0.1) is 23.8 Å². The number of nitrogens with zero attached hydrogens (tertiary/aromatic N) is 2. The highest BCUT2D eigenvalue weighted by Crippen LogP contribution is 2.46. The molecule has 0 saturated heterocycles. The Kier molecular flexibility index (Phi) is 6.91. The average molecular weight is 576 g/mol. The second kappa shape index (κ2) is 10.3. The van der Waals surface area contributed by atoms with Gasteiger partial charge in [-0.3, -0.25) is 0 Å². The van der Waals surface area contributed by atoms with Crippen LogP contribution in [-0.4, -0.2) is 36.7 Å². The molecule has 0 unspecified atom stereocenters. The Hall–Kier alpha value is -4.12. The average Bonchev–Trinajstić information content (AvgIpc) is 2.94. The van der Waals surface area contributed by atoms with Crippen LogP contribution in [0.25, 0.3) is 16.7 Å². The number of hydrogen-bond acceptors (Lipinski definition) is 4. The van der Waals surface area contributed by atoms with Gasteiger partial charge in [0.25, 0.3) is 0 Å². The van der Waals surface area contributed by atoms with Crippen molar-refractivity contribution in [2.75, 3.05) is 24.6 Å². The maximum Gasteiger partial charge on any atom is 0.338 e. The SMILES string of the molecule is CCOC(=O)c1ccccc1C1=c2cc3c(cc2Oc2cc4c(cc21)C(C)=CC(C)(C)N4CC)=[N+](CC)C(C)(C)C=C3C. The van der Waals surface area contributed by atoms with Crippen LogP contribution < -0.4 is 24.8 Å². The van der Waals surface area contributed by atoms with Crippen LogP contribution in [0, 0.1) is 0 Å². The number of ether oxygens (including phenoxy) is 2. The molecular weight excluding hydrogens is 532 g/mol. The third-order valence-electron chi connectivity index (χ3n) is 9.24. The molecule has 0 fully saturated rings. The van der Waals surface area contributed by atoms with Crippen molar-refractivity contribution in [3.8, 4) is 11.5 Å². The number of carbonyl (C=O) groups is 1. The summed E-state index contributed by atoms with van der Waals surface area (Å²) in [5.41, 5.74) is 9.16. The summed E-state index contributed by atoms with van der Waals surface area (Å²) in [5.74, 6) is 1.28. The van der Waals surface area contributed by atoms with Crippen molar-refractivity contribution in [3.63, 3.8) is 0 Å². The van der Waals surface area contributed by atoms with Gasteiger partial charge in [-0.15, -0.1) is 0 Å². The number of rotatable bonds is 5. The lowest BCUT2D eigenvalue weighted by molar-refractivity contribution is 0.0526. The predicted molar refractivity (Wildman–Crippen MR) is 176 cm³/mol. The van der Waals surface area contributed by atoms with E-state index < -0.39 is 0 Å². The molecule has 0 aliphatic carbocycles. The van der Waals surface area contributed by atoms with Crippen molar-refractivity contribution in [1.29, 1.82) is 0 Å². The Balaban J connectivity index is 1.75. The van der Waals surface area contributed by atoms with Crippen LogP contribution in [0.15, 0.2) is 60.7 Å². The van der Waals surface area contributed by atoms with Gasteiger partial charge in [-0.25, -0.2) is 9.37 Å². The first-order valence-electron chi connectivity index (χ1n) is 15.5. The van der Waals surface area contributed by atoms with Crippen molar-refractivity contribution in [2.45, 2.75) is 73.4 Å². The molecule has 0 saturated carbocycles. The van der Waals surface area contributed by atoms with Crippen molar-refractivity contribution >= 4 is 28.4 Å². The zero-order valence-electron chi connectivity index (χ0n) is 27.0. The van der Waals surface area contributed by atoms with E-state index in [0.29, 0.717) is 12.2 Å². The summed E-state index contributed by atoms with van der Waals surface area (Å²) < 4.78 is 14.8. The minimum Gasteiger partial charge on any atom is -0.462 e. The monoisotopic (exact) mass is 575 g/mol. The summed E-state index contributed by atoms with van der Waals surface area (Å²) >= 11 is 0. The van der Waals surface area contributed by atoms with Crippen molar-refractivity contribution in [1.82, 2.24) is 4.58 Å². The minimum absolute atomic E-state index is 0.119. The molecule has 222 valence electrons. The zero-order valence-corrected chi connectivity index (χ0v) is 27.0. The fourth-order valence-corrected chi connectivity index (χ4v) is 7.57. The molecule has 3 aromatic carbocycles. The molecule has 5 heteroatoms. The second-order valence-electron chi connectivity index (χ2n) is 12.9. The molecule has 5 nitrogen and oxygen atoms in total. The highest BCUT2D eigenvalue weighted by Gasteiger charge is 2.36. The summed E-state index contributed by atoms with van der Waals surface area (Å²) in [7, 11) is 0. The van der Waals surface area contributed by atoms with Crippen LogP contribution in [0.2, 0.25) is 0 Å². The van der Waals surface area contributed by atoms with E-state index in [1.165, 1.54) is 33.3 Å². The molecule has 3 heterocycles. The molecule has 3 aromatic rings. The smallest absolute Gasteiger partial charge is 0.338 e. The van der Waals surface area contributed by atoms with E-state index in [9.17, 15) is 4.79 Å². The number of hydrogen-bond donors (Lipinski definition) is 0. The minimum atomic E-state index is -0.318. The second-order valence-corrected chi connectivity index (χ2v) is 12.9. The van der Waals surface area contributed by atoms with Crippen molar-refractivity contribution in [2.24, 2.45) is 0 Å². The molecule has 0 aromatic heterocycles. The first kappa shape index (κ1) is 29.0. The lowest BCUT2D eigenvalue weighted by atomic mass is 9.83. The van der Waals surface area contributed by atoms with E-state index >= 15 is 0 Å². The van der Waals surface area contributed by atoms with Crippen LogP contribution in [0.1, 0.15) is 94.9 Å². The number of carbonyl (C=O) groups excluding carboxylic acids is 1. The van der Waals surface area contributed by atoms with Gasteiger partial charge in [-0.1, -0.05) is 24.3 Å². The Morgan fingerprint density at radius 1 is 0.860 bits per heavy atom. The van der Waals surface area contributed by atoms with E-state index in [-0.39, 0.29) is 17.0 Å². The quantitative estimate of drug-likeness (QED) is 0.191. The largest absolute Gasteiger partial charge is 0.462 e. The van der Waals surface area contributed by atoms with Gasteiger partial charge >= 0.3 is 5.97 Å². The summed E-state index contributed by atoms with van der Waals surface area (Å²) in [6.45, 7) is 21.7. The number of benzene rings is 3. The molecule has 0 radical (unpaired) electrons. The number of allylic oxidation sites excluding steroid dienone is 2. The Labute approximate surface area is 255 Å². The predicted octanol–water partition coefficient (Wildman–Crippen LogP) is 6.94. The molecule has 3 aliphatic heterocycles. The summed E-state index contributed by atoms with van der Waals surface area (Å²) in [6, 6.07) is 16.7. The number of fused-ring (bicyclic) bond motifs is 4. The van der Waals surface area contributed by atoms with Crippen molar-refractivity contribution in [3.05, 3.63) is 99.1 Å². The molecule has 0 N–H and O–H groups in total. The molecule has 0 amide bonds. The summed E-state index contributed by atoms with van der Waals surface area (Å²) in [5, 5.41) is 2.15. The third kappa shape index (κ3) is 4.52. The molecule has 3 aliphatic rings. The van der Waals surface area contributed by atoms with E-state index in [1.54, 1.807) is 0 Å². The highest BCUT2D eigenvalue weighted by atomic mass is 16.5.